The van der Waals surface area contributed by atoms with Crippen LogP contribution in [0.1, 0.15) is 314 Å². The summed E-state index contributed by atoms with van der Waals surface area (Å²) in [4.78, 5) is 4.77. The van der Waals surface area contributed by atoms with Gasteiger partial charge in [-0.05, 0) is 418 Å². The summed E-state index contributed by atoms with van der Waals surface area (Å²) in [6.07, 6.45) is 48.4. The lowest BCUT2D eigenvalue weighted by Gasteiger charge is -2.37. The number of nitrogens with zero attached hydrogens (tertiary/aromatic N) is 2. The van der Waals surface area contributed by atoms with E-state index >= 15 is 0 Å². The van der Waals surface area contributed by atoms with Crippen molar-refractivity contribution in [2.75, 3.05) is 9.80 Å². The Hall–Kier alpha value is -12.9. The first kappa shape index (κ1) is 103. The van der Waals surface area contributed by atoms with Crippen LogP contribution < -0.4 is 9.80 Å². The fourth-order valence-corrected chi connectivity index (χ4v) is 23.4. The number of allylic oxidation sites excluding steroid dienone is 2. The van der Waals surface area contributed by atoms with Crippen molar-refractivity contribution in [3.63, 3.8) is 0 Å². The van der Waals surface area contributed by atoms with Crippen molar-refractivity contribution in [3.05, 3.63) is 473 Å². The van der Waals surface area contributed by atoms with Gasteiger partial charge in [-0.15, -0.1) is 13.2 Å². The number of hydrogen-bond acceptors (Lipinski definition) is 2. The minimum Gasteiger partial charge on any atom is -0.311 e. The predicted octanol–water partition coefficient (Wildman–Crippen LogP) is 39.8. The molecular weight excluding hydrogens is 1730 g/mol. The van der Waals surface area contributed by atoms with Gasteiger partial charge in [0.25, 0.3) is 0 Å². The molecule has 0 radical (unpaired) electrons. The van der Waals surface area contributed by atoms with E-state index in [2.05, 4.69) is 434 Å². The quantitative estimate of drug-likeness (QED) is 0.0281. The van der Waals surface area contributed by atoms with Gasteiger partial charge in [-0.25, -0.2) is 0 Å². The van der Waals surface area contributed by atoms with Gasteiger partial charge in [-0.3, -0.25) is 0 Å². The third-order valence-corrected chi connectivity index (χ3v) is 32.0. The normalized spacial score (nSPS) is 13.1. The number of anilines is 6. The monoisotopic (exact) mass is 1890 g/mol. The summed E-state index contributed by atoms with van der Waals surface area (Å²) in [6.45, 7) is 34.8. The van der Waals surface area contributed by atoms with Crippen LogP contribution in [0.2, 0.25) is 0 Å². The SMILES string of the molecule is C=CCCCC1(CCCC=C)c2cc(C)ccc2-c2ccc(C)cc21.CCCCCCc1cc(C)c(CCCCCC)cc1C.CCCCCCc1ccc(N(c2ccc(C)cc2)c2ccc(-c3cc4ccc3C=Cc3ccc(c(-c5ccc(N(c6ccc(C)cc6)c6ccc(CCCCCC)cc6)cc5)c3)CC4)cc2)cc1.Cc1ccc2c(c1)C(c1ccc3c(c1)CC3)(c1ccc3c(c1)CC3)c1cc(C)ccc1-2. The van der Waals surface area contributed by atoms with E-state index in [1.807, 2.05) is 0 Å². The Kier molecular flexibility index (Phi) is 34.7. The summed E-state index contributed by atoms with van der Waals surface area (Å²) in [6, 6.07) is 117. The highest BCUT2D eigenvalue weighted by Gasteiger charge is 2.48. The maximum absolute atomic E-state index is 3.93. The number of unbranched alkanes of at least 4 members (excludes halogenated alkanes) is 14. The molecule has 0 saturated carbocycles. The minimum atomic E-state index is -0.238. The van der Waals surface area contributed by atoms with Crippen molar-refractivity contribution in [3.8, 4) is 44.5 Å². The van der Waals surface area contributed by atoms with Crippen LogP contribution in [0.15, 0.2) is 329 Å². The van der Waals surface area contributed by atoms with E-state index in [1.165, 1.54) is 357 Å². The summed E-state index contributed by atoms with van der Waals surface area (Å²) in [7, 11) is 0. The molecule has 0 aliphatic heterocycles. The lowest BCUT2D eigenvalue weighted by Crippen LogP contribution is -2.30. The van der Waals surface area contributed by atoms with Crippen molar-refractivity contribution in [1.82, 2.24) is 0 Å². The summed E-state index contributed by atoms with van der Waals surface area (Å²) >= 11 is 0. The molecule has 0 atom stereocenters. The first-order valence-corrected chi connectivity index (χ1v) is 55.4. The van der Waals surface area contributed by atoms with Crippen LogP contribution in [0.4, 0.5) is 34.1 Å². The van der Waals surface area contributed by atoms with Crippen LogP contribution in [0, 0.1) is 55.4 Å². The standard InChI is InChI=1S/C66H68N2.C31H26.C25H30.C20H34/c1-5-7-9-11-13-51-23-39-61(40-24-51)67(59-35-15-49(3)16-36-59)63-43-31-57(32-44-63)65-47-53-19-27-55(65)29-21-54-20-28-56(30-22-53)66(48-54)58-33-45-64(46-34-58)68(60-37-17-50(4)18-38-60)62-41-25-52(26-42-62)14-12-10-8-6-2;1-19-3-13-27-28-14-4-20(2)16-30(28)31(29(27)15-19,25-11-9-21-5-7-23(21)17-25)26-12-10-22-6-8-24(22)18-26;1-5-7-9-15-25(16-10-8-6-2)23-17-19(3)11-13-21(23)22-14-12-20(4)18-24(22)25;1-5-7-9-11-13-19-15-18(4)20(16-17(19)3)14-12-10-8-6-2/h15-21,23-29,31-48H,5-14,22,30H2,1-4H3;3-4,9-18H,5-8H2,1-2H3;5-6,11-14,17-18H,1-2,7-10,15-16H2,3-4H3;15-16H,5-14H2,1-4H3. The van der Waals surface area contributed by atoms with E-state index in [9.17, 15) is 0 Å². The lowest BCUT2D eigenvalue weighted by atomic mass is 9.65. The van der Waals surface area contributed by atoms with Crippen LogP contribution in [0.25, 0.3) is 56.7 Å². The van der Waals surface area contributed by atoms with Crippen molar-refractivity contribution in [2.24, 2.45) is 0 Å². The van der Waals surface area contributed by atoms with Crippen molar-refractivity contribution < 1.29 is 0 Å². The molecule has 144 heavy (non-hydrogen) atoms. The number of fused-ring (bicyclic) bond motifs is 8. The van der Waals surface area contributed by atoms with Crippen molar-refractivity contribution in [1.29, 1.82) is 0 Å². The van der Waals surface area contributed by atoms with Crippen LogP contribution in [-0.2, 0) is 75.0 Å². The Morgan fingerprint density at radius 3 is 1.01 bits per heavy atom. The van der Waals surface area contributed by atoms with Gasteiger partial charge in [-0.2, -0.15) is 0 Å². The van der Waals surface area contributed by atoms with Gasteiger partial charge >= 0.3 is 0 Å². The molecule has 8 aliphatic carbocycles. The molecule has 2 nitrogen and oxygen atoms in total. The Bertz CT molecular complexity index is 6690. The molecule has 0 N–H and O–H groups in total. The first-order chi connectivity index (χ1) is 70.4. The molecule has 736 valence electrons. The smallest absolute Gasteiger partial charge is 0.0713 e. The molecule has 0 saturated heterocycles. The van der Waals surface area contributed by atoms with E-state index in [0.29, 0.717) is 0 Å². The Balaban J connectivity index is 0.000000152. The van der Waals surface area contributed by atoms with E-state index in [1.54, 1.807) is 22.3 Å². The fourth-order valence-electron chi connectivity index (χ4n) is 23.4. The van der Waals surface area contributed by atoms with Gasteiger partial charge in [0.1, 0.15) is 0 Å². The highest BCUT2D eigenvalue weighted by atomic mass is 15.1. The molecule has 0 heterocycles. The van der Waals surface area contributed by atoms with E-state index in [-0.39, 0.29) is 10.8 Å². The molecule has 15 aromatic rings. The summed E-state index contributed by atoms with van der Waals surface area (Å²) in [5.41, 5.74) is 54.7. The molecule has 0 fully saturated rings. The zero-order valence-electron chi connectivity index (χ0n) is 89.1. The second-order valence-electron chi connectivity index (χ2n) is 42.7. The van der Waals surface area contributed by atoms with E-state index in [4.69, 9.17) is 0 Å². The van der Waals surface area contributed by atoms with Crippen LogP contribution in [-0.4, -0.2) is 0 Å². The van der Waals surface area contributed by atoms with Crippen molar-refractivity contribution in [2.45, 2.75) is 299 Å². The average molecular weight is 1890 g/mol. The van der Waals surface area contributed by atoms with Crippen LogP contribution in [0.5, 0.6) is 0 Å². The maximum atomic E-state index is 3.93. The molecule has 15 aromatic carbocycles. The number of aryl methyl sites for hydroxylation is 18. The molecule has 0 aromatic heterocycles. The largest absolute Gasteiger partial charge is 0.311 e. The Morgan fingerprint density at radius 2 is 0.618 bits per heavy atom. The molecule has 23 rings (SSSR count). The van der Waals surface area contributed by atoms with Crippen LogP contribution in [0.3, 0.4) is 0 Å². The molecule has 4 bridgehead atoms. The first-order valence-electron chi connectivity index (χ1n) is 55.4. The molecule has 8 aliphatic rings. The van der Waals surface area contributed by atoms with Crippen molar-refractivity contribution >= 4 is 46.3 Å². The molecule has 0 spiro atoms. The zero-order chi connectivity index (χ0) is 100. The second kappa shape index (κ2) is 48.7. The van der Waals surface area contributed by atoms with Gasteiger partial charge in [-0.1, -0.05) is 387 Å². The van der Waals surface area contributed by atoms with Crippen LogP contribution >= 0.6 is 0 Å². The van der Waals surface area contributed by atoms with E-state index in [0.717, 1.165) is 49.9 Å². The Morgan fingerprint density at radius 1 is 0.264 bits per heavy atom. The summed E-state index contributed by atoms with van der Waals surface area (Å²) in [5, 5.41) is 0. The number of hydrogen-bond donors (Lipinski definition) is 0. The fraction of sp³-hybridized carbons (Fsp3) is 0.324. The summed E-state index contributed by atoms with van der Waals surface area (Å²) < 4.78 is 0. The second-order valence-corrected chi connectivity index (χ2v) is 42.7. The summed E-state index contributed by atoms with van der Waals surface area (Å²) in [5.74, 6) is 0. The minimum absolute atomic E-state index is 0.148. The van der Waals surface area contributed by atoms with E-state index < -0.39 is 0 Å². The third kappa shape index (κ3) is 23.7. The maximum Gasteiger partial charge on any atom is 0.0713 e. The van der Waals surface area contributed by atoms with Gasteiger partial charge in [0, 0.05) is 39.5 Å². The molecular formula is C142H158N2. The van der Waals surface area contributed by atoms with Gasteiger partial charge in [0.2, 0.25) is 0 Å². The van der Waals surface area contributed by atoms with Gasteiger partial charge < -0.3 is 9.80 Å². The number of benzene rings is 15. The predicted molar refractivity (Wildman–Crippen MR) is 624 cm³/mol. The third-order valence-electron chi connectivity index (χ3n) is 32.0. The average Bonchev–Trinajstić information content (AvgIpc) is 1.52. The highest BCUT2D eigenvalue weighted by molar-refractivity contribution is 5.90. The zero-order valence-corrected chi connectivity index (χ0v) is 89.1. The van der Waals surface area contributed by atoms with Gasteiger partial charge in [0.15, 0.2) is 0 Å². The number of rotatable bonds is 38. The highest BCUT2D eigenvalue weighted by Crippen LogP contribution is 2.59. The molecule has 0 amide bonds. The Labute approximate surface area is 867 Å². The lowest BCUT2D eigenvalue weighted by molar-refractivity contribution is 0.422. The van der Waals surface area contributed by atoms with Gasteiger partial charge in [0.05, 0.1) is 5.41 Å². The molecule has 0 unspecified atom stereocenters. The topological polar surface area (TPSA) is 6.48 Å². The molecule has 2 heteroatoms.